The first kappa shape index (κ1) is 11.6. The minimum atomic E-state index is -3.64. The molecule has 1 aromatic carbocycles. The van der Waals surface area contributed by atoms with Gasteiger partial charge in [-0.3, -0.25) is 4.79 Å². The fourth-order valence-electron chi connectivity index (χ4n) is 1.61. The summed E-state index contributed by atoms with van der Waals surface area (Å²) in [7, 11) is -3.64. The summed E-state index contributed by atoms with van der Waals surface area (Å²) in [5.74, 6) is -0.317. The third-order valence-corrected chi connectivity index (χ3v) is 4.79. The van der Waals surface area contributed by atoms with Crippen molar-refractivity contribution in [3.8, 4) is 0 Å². The van der Waals surface area contributed by atoms with Crippen LogP contribution in [-0.2, 0) is 14.8 Å². The number of carbonyl (C=O) groups is 1. The fourth-order valence-corrected chi connectivity index (χ4v) is 3.34. The van der Waals surface area contributed by atoms with Crippen LogP contribution in [0, 0.1) is 0 Å². The van der Waals surface area contributed by atoms with Crippen molar-refractivity contribution in [1.82, 2.24) is 4.31 Å². The van der Waals surface area contributed by atoms with Crippen LogP contribution in [0.15, 0.2) is 33.6 Å². The van der Waals surface area contributed by atoms with Crippen LogP contribution in [0.3, 0.4) is 0 Å². The van der Waals surface area contributed by atoms with Gasteiger partial charge in [0.1, 0.15) is 0 Å². The summed E-state index contributed by atoms with van der Waals surface area (Å²) < 4.78 is 25.9. The van der Waals surface area contributed by atoms with E-state index in [-0.39, 0.29) is 17.3 Å². The van der Waals surface area contributed by atoms with Crippen molar-refractivity contribution in [3.05, 3.63) is 28.7 Å². The highest BCUT2D eigenvalue weighted by atomic mass is 79.9. The van der Waals surface area contributed by atoms with Gasteiger partial charge in [-0.05, 0) is 30.7 Å². The molecule has 0 saturated carbocycles. The first-order valence-electron chi connectivity index (χ1n) is 4.83. The Morgan fingerprint density at radius 3 is 2.31 bits per heavy atom. The van der Waals surface area contributed by atoms with E-state index in [1.807, 2.05) is 0 Å². The van der Waals surface area contributed by atoms with Crippen molar-refractivity contribution in [2.45, 2.75) is 17.7 Å². The zero-order valence-corrected chi connectivity index (χ0v) is 10.8. The number of hydrogen-bond donors (Lipinski definition) is 0. The minimum Gasteiger partial charge on any atom is -0.274 e. The van der Waals surface area contributed by atoms with E-state index in [0.717, 1.165) is 8.78 Å². The summed E-state index contributed by atoms with van der Waals surface area (Å²) in [6.07, 6.45) is 0.921. The third kappa shape index (κ3) is 1.99. The molecule has 1 fully saturated rings. The summed E-state index contributed by atoms with van der Waals surface area (Å²) in [5, 5.41) is 0. The number of benzene rings is 1. The van der Waals surface area contributed by atoms with Gasteiger partial charge in [-0.25, -0.2) is 12.7 Å². The molecule has 86 valence electrons. The molecule has 0 aromatic heterocycles. The lowest BCUT2D eigenvalue weighted by Gasteiger charge is -2.15. The maximum absolute atomic E-state index is 12.0. The van der Waals surface area contributed by atoms with Crippen LogP contribution in [-0.4, -0.2) is 25.2 Å². The van der Waals surface area contributed by atoms with Gasteiger partial charge in [0, 0.05) is 17.4 Å². The van der Waals surface area contributed by atoms with Crippen molar-refractivity contribution >= 4 is 31.9 Å². The summed E-state index contributed by atoms with van der Waals surface area (Å²) in [6, 6.07) is 6.27. The van der Waals surface area contributed by atoms with Crippen LogP contribution in [0.1, 0.15) is 12.8 Å². The molecule has 0 bridgehead atoms. The zero-order chi connectivity index (χ0) is 11.8. The van der Waals surface area contributed by atoms with E-state index in [4.69, 9.17) is 0 Å². The molecule has 2 rings (SSSR count). The number of amides is 1. The van der Waals surface area contributed by atoms with E-state index in [1.165, 1.54) is 12.1 Å². The molecular weight excluding hydrogens is 294 g/mol. The van der Waals surface area contributed by atoms with Gasteiger partial charge < -0.3 is 0 Å². The van der Waals surface area contributed by atoms with Gasteiger partial charge in [0.2, 0.25) is 5.91 Å². The van der Waals surface area contributed by atoms with Gasteiger partial charge in [0.25, 0.3) is 10.0 Å². The SMILES string of the molecule is O=C1CCCN1S(=O)(=O)c1ccc(Br)cc1. The molecule has 1 aliphatic heterocycles. The van der Waals surface area contributed by atoms with E-state index in [9.17, 15) is 13.2 Å². The highest BCUT2D eigenvalue weighted by Gasteiger charge is 2.32. The number of hydrogen-bond acceptors (Lipinski definition) is 3. The van der Waals surface area contributed by atoms with Gasteiger partial charge in [-0.1, -0.05) is 15.9 Å². The van der Waals surface area contributed by atoms with Crippen LogP contribution in [0.4, 0.5) is 0 Å². The summed E-state index contributed by atoms with van der Waals surface area (Å²) >= 11 is 3.23. The first-order chi connectivity index (χ1) is 7.51. The van der Waals surface area contributed by atoms with Gasteiger partial charge in [-0.2, -0.15) is 0 Å². The van der Waals surface area contributed by atoms with Gasteiger partial charge in [0.05, 0.1) is 4.90 Å². The molecule has 0 unspecified atom stereocenters. The molecule has 6 heteroatoms. The molecule has 0 aliphatic carbocycles. The summed E-state index contributed by atoms with van der Waals surface area (Å²) in [5.41, 5.74) is 0. The Morgan fingerprint density at radius 1 is 1.19 bits per heavy atom. The van der Waals surface area contributed by atoms with E-state index < -0.39 is 10.0 Å². The lowest BCUT2D eigenvalue weighted by molar-refractivity contribution is -0.123. The number of halogens is 1. The Morgan fingerprint density at radius 2 is 1.81 bits per heavy atom. The predicted octanol–water partition coefficient (Wildman–Crippen LogP) is 1.76. The molecule has 0 spiro atoms. The molecule has 1 saturated heterocycles. The number of nitrogens with zero attached hydrogens (tertiary/aromatic N) is 1. The molecule has 1 heterocycles. The maximum Gasteiger partial charge on any atom is 0.266 e. The largest absolute Gasteiger partial charge is 0.274 e. The second-order valence-corrected chi connectivity index (χ2v) is 6.31. The van der Waals surface area contributed by atoms with Crippen LogP contribution < -0.4 is 0 Å². The molecule has 1 aromatic rings. The van der Waals surface area contributed by atoms with Crippen molar-refractivity contribution < 1.29 is 13.2 Å². The van der Waals surface area contributed by atoms with Crippen LogP contribution in [0.5, 0.6) is 0 Å². The van der Waals surface area contributed by atoms with E-state index in [0.29, 0.717) is 12.8 Å². The zero-order valence-electron chi connectivity index (χ0n) is 8.39. The summed E-state index contributed by atoms with van der Waals surface area (Å²) in [4.78, 5) is 11.6. The minimum absolute atomic E-state index is 0.158. The topological polar surface area (TPSA) is 54.5 Å². The number of carbonyl (C=O) groups excluding carboxylic acids is 1. The first-order valence-corrected chi connectivity index (χ1v) is 7.06. The quantitative estimate of drug-likeness (QED) is 0.836. The Labute approximate surface area is 102 Å². The molecule has 0 N–H and O–H groups in total. The Balaban J connectivity index is 2.39. The van der Waals surface area contributed by atoms with Crippen LogP contribution in [0.25, 0.3) is 0 Å². The van der Waals surface area contributed by atoms with E-state index >= 15 is 0 Å². The second-order valence-electron chi connectivity index (χ2n) is 3.53. The lowest BCUT2D eigenvalue weighted by atomic mass is 10.4. The smallest absolute Gasteiger partial charge is 0.266 e. The standard InChI is InChI=1S/C10H10BrNO3S/c11-8-3-5-9(6-4-8)16(14,15)12-7-1-2-10(12)13/h3-6H,1-2,7H2. The Bertz CT molecular complexity index is 509. The molecule has 0 radical (unpaired) electrons. The predicted molar refractivity (Wildman–Crippen MR) is 62.3 cm³/mol. The van der Waals surface area contributed by atoms with E-state index in [2.05, 4.69) is 15.9 Å². The monoisotopic (exact) mass is 303 g/mol. The molecule has 0 atom stereocenters. The average Bonchev–Trinajstić information content (AvgIpc) is 2.66. The van der Waals surface area contributed by atoms with Crippen LogP contribution >= 0.6 is 15.9 Å². The van der Waals surface area contributed by atoms with Crippen molar-refractivity contribution in [1.29, 1.82) is 0 Å². The molecule has 16 heavy (non-hydrogen) atoms. The summed E-state index contributed by atoms with van der Waals surface area (Å²) in [6.45, 7) is 0.289. The Hall–Kier alpha value is -0.880. The van der Waals surface area contributed by atoms with Crippen LogP contribution in [0.2, 0.25) is 0 Å². The third-order valence-electron chi connectivity index (χ3n) is 2.43. The Kier molecular flexibility index (Phi) is 3.03. The number of rotatable bonds is 2. The normalized spacial score (nSPS) is 16.8. The molecule has 4 nitrogen and oxygen atoms in total. The highest BCUT2D eigenvalue weighted by molar-refractivity contribution is 9.10. The molecule has 1 amide bonds. The van der Waals surface area contributed by atoms with E-state index in [1.54, 1.807) is 12.1 Å². The van der Waals surface area contributed by atoms with Crippen molar-refractivity contribution in [2.24, 2.45) is 0 Å². The van der Waals surface area contributed by atoms with Crippen molar-refractivity contribution in [3.63, 3.8) is 0 Å². The highest BCUT2D eigenvalue weighted by Crippen LogP contribution is 2.23. The van der Waals surface area contributed by atoms with Gasteiger partial charge >= 0.3 is 0 Å². The van der Waals surface area contributed by atoms with Gasteiger partial charge in [-0.15, -0.1) is 0 Å². The van der Waals surface area contributed by atoms with Gasteiger partial charge in [0.15, 0.2) is 0 Å². The molecular formula is C10H10BrNO3S. The molecule has 1 aliphatic rings. The van der Waals surface area contributed by atoms with Crippen molar-refractivity contribution in [2.75, 3.05) is 6.54 Å². The lowest BCUT2D eigenvalue weighted by Crippen LogP contribution is -2.31. The average molecular weight is 304 g/mol. The number of sulfonamides is 1. The maximum atomic E-state index is 12.0. The second kappa shape index (κ2) is 4.18. The fraction of sp³-hybridized carbons (Fsp3) is 0.300.